The standard InChI is InChI=1S/C20H22N4O3/c25-19(22-15-5-6-15)14-7-8-21-17(13-14)20(26)23-16-3-1-2-4-18(16)24-9-11-27-12-10-24/h1-4,7-8,13,15H,5-6,9-12H2,(H,22,25)(H,23,26). The molecular weight excluding hydrogens is 344 g/mol. The highest BCUT2D eigenvalue weighted by atomic mass is 16.5. The van der Waals surface area contributed by atoms with Crippen LogP contribution in [0.4, 0.5) is 11.4 Å². The van der Waals surface area contributed by atoms with Crippen LogP contribution >= 0.6 is 0 Å². The number of benzene rings is 1. The zero-order chi connectivity index (χ0) is 18.6. The molecule has 1 aliphatic carbocycles. The molecule has 1 aliphatic heterocycles. The quantitative estimate of drug-likeness (QED) is 0.846. The molecule has 2 fully saturated rings. The van der Waals surface area contributed by atoms with Gasteiger partial charge in [0.2, 0.25) is 0 Å². The molecule has 0 bridgehead atoms. The van der Waals surface area contributed by atoms with E-state index in [0.717, 1.165) is 37.3 Å². The summed E-state index contributed by atoms with van der Waals surface area (Å²) in [6, 6.07) is 11.1. The monoisotopic (exact) mass is 366 g/mol. The van der Waals surface area contributed by atoms with Crippen LogP contribution in [0, 0.1) is 0 Å². The van der Waals surface area contributed by atoms with E-state index in [1.807, 2.05) is 24.3 Å². The Bertz CT molecular complexity index is 845. The summed E-state index contributed by atoms with van der Waals surface area (Å²) in [5, 5.41) is 5.85. The molecule has 2 amide bonds. The van der Waals surface area contributed by atoms with Crippen molar-refractivity contribution in [2.24, 2.45) is 0 Å². The molecule has 27 heavy (non-hydrogen) atoms. The van der Waals surface area contributed by atoms with Crippen LogP contribution in [0.15, 0.2) is 42.6 Å². The van der Waals surface area contributed by atoms with E-state index >= 15 is 0 Å². The number of nitrogens with zero attached hydrogens (tertiary/aromatic N) is 2. The molecule has 2 N–H and O–H groups in total. The summed E-state index contributed by atoms with van der Waals surface area (Å²) in [4.78, 5) is 31.2. The molecule has 140 valence electrons. The first-order chi connectivity index (χ1) is 13.2. The SMILES string of the molecule is O=C(NC1CC1)c1ccnc(C(=O)Nc2ccccc2N2CCOCC2)c1. The van der Waals surface area contributed by atoms with Gasteiger partial charge in [-0.2, -0.15) is 0 Å². The van der Waals surface area contributed by atoms with Gasteiger partial charge in [0, 0.05) is 30.9 Å². The molecule has 1 aromatic carbocycles. The van der Waals surface area contributed by atoms with E-state index in [1.54, 1.807) is 6.07 Å². The van der Waals surface area contributed by atoms with Crippen molar-refractivity contribution < 1.29 is 14.3 Å². The van der Waals surface area contributed by atoms with E-state index in [4.69, 9.17) is 4.74 Å². The predicted molar refractivity (Wildman–Crippen MR) is 102 cm³/mol. The highest BCUT2D eigenvalue weighted by Crippen LogP contribution is 2.26. The third kappa shape index (κ3) is 4.25. The molecule has 2 aliphatic rings. The third-order valence-electron chi connectivity index (χ3n) is 4.67. The number of rotatable bonds is 5. The molecule has 0 spiro atoms. The summed E-state index contributed by atoms with van der Waals surface area (Å²) in [5.41, 5.74) is 2.34. The molecule has 2 aromatic rings. The van der Waals surface area contributed by atoms with Crippen LogP contribution in [-0.2, 0) is 4.74 Å². The Balaban J connectivity index is 1.50. The van der Waals surface area contributed by atoms with E-state index in [9.17, 15) is 9.59 Å². The molecule has 1 aromatic heterocycles. The van der Waals surface area contributed by atoms with Crippen LogP contribution in [0.1, 0.15) is 33.7 Å². The van der Waals surface area contributed by atoms with Gasteiger partial charge in [-0.1, -0.05) is 12.1 Å². The number of hydrogen-bond acceptors (Lipinski definition) is 5. The zero-order valence-electron chi connectivity index (χ0n) is 15.0. The van der Waals surface area contributed by atoms with Gasteiger partial charge in [0.15, 0.2) is 0 Å². The maximum atomic E-state index is 12.7. The van der Waals surface area contributed by atoms with Crippen molar-refractivity contribution >= 4 is 23.2 Å². The van der Waals surface area contributed by atoms with E-state index in [1.165, 1.54) is 12.3 Å². The Morgan fingerprint density at radius 3 is 2.63 bits per heavy atom. The number of amides is 2. The lowest BCUT2D eigenvalue weighted by atomic mass is 10.2. The summed E-state index contributed by atoms with van der Waals surface area (Å²) in [7, 11) is 0. The van der Waals surface area contributed by atoms with Crippen LogP contribution < -0.4 is 15.5 Å². The number of morpholine rings is 1. The number of para-hydroxylation sites is 2. The summed E-state index contributed by atoms with van der Waals surface area (Å²) < 4.78 is 5.40. The maximum absolute atomic E-state index is 12.7. The van der Waals surface area contributed by atoms with Gasteiger partial charge in [-0.15, -0.1) is 0 Å². The fourth-order valence-electron chi connectivity index (χ4n) is 3.04. The molecule has 0 unspecified atom stereocenters. The Labute approximate surface area is 157 Å². The molecule has 4 rings (SSSR count). The second kappa shape index (κ2) is 7.75. The van der Waals surface area contributed by atoms with Crippen molar-refractivity contribution in [3.8, 4) is 0 Å². The Hall–Kier alpha value is -2.93. The fourth-order valence-corrected chi connectivity index (χ4v) is 3.04. The molecule has 7 nitrogen and oxygen atoms in total. The molecule has 1 saturated carbocycles. The lowest BCUT2D eigenvalue weighted by molar-refractivity contribution is 0.0951. The Morgan fingerprint density at radius 2 is 1.85 bits per heavy atom. The van der Waals surface area contributed by atoms with Gasteiger partial charge in [-0.05, 0) is 37.1 Å². The minimum Gasteiger partial charge on any atom is -0.378 e. The van der Waals surface area contributed by atoms with E-state index in [2.05, 4.69) is 20.5 Å². The maximum Gasteiger partial charge on any atom is 0.274 e. The van der Waals surface area contributed by atoms with Crippen molar-refractivity contribution in [3.05, 3.63) is 53.9 Å². The number of anilines is 2. The molecule has 0 radical (unpaired) electrons. The van der Waals surface area contributed by atoms with Crippen molar-refractivity contribution in [1.29, 1.82) is 0 Å². The number of hydrogen-bond donors (Lipinski definition) is 2. The van der Waals surface area contributed by atoms with Gasteiger partial charge in [0.05, 0.1) is 24.6 Å². The highest BCUT2D eigenvalue weighted by molar-refractivity contribution is 6.06. The highest BCUT2D eigenvalue weighted by Gasteiger charge is 2.24. The minimum absolute atomic E-state index is 0.164. The third-order valence-corrected chi connectivity index (χ3v) is 4.67. The summed E-state index contributed by atoms with van der Waals surface area (Å²) in [6.07, 6.45) is 3.52. The average molecular weight is 366 g/mol. The van der Waals surface area contributed by atoms with Gasteiger partial charge in [-0.25, -0.2) is 0 Å². The number of nitrogens with one attached hydrogen (secondary N) is 2. The van der Waals surface area contributed by atoms with Crippen LogP contribution in [0.2, 0.25) is 0 Å². The number of carbonyl (C=O) groups is 2. The number of ether oxygens (including phenoxy) is 1. The normalized spacial score (nSPS) is 16.7. The van der Waals surface area contributed by atoms with E-state index in [-0.39, 0.29) is 23.6 Å². The first-order valence-corrected chi connectivity index (χ1v) is 9.21. The first-order valence-electron chi connectivity index (χ1n) is 9.21. The molecule has 2 heterocycles. The second-order valence-corrected chi connectivity index (χ2v) is 6.75. The van der Waals surface area contributed by atoms with Gasteiger partial charge in [0.25, 0.3) is 11.8 Å². The smallest absolute Gasteiger partial charge is 0.274 e. The van der Waals surface area contributed by atoms with Gasteiger partial charge in [0.1, 0.15) is 5.69 Å². The molecule has 1 saturated heterocycles. The largest absolute Gasteiger partial charge is 0.378 e. The van der Waals surface area contributed by atoms with E-state index in [0.29, 0.717) is 18.8 Å². The second-order valence-electron chi connectivity index (χ2n) is 6.75. The first kappa shape index (κ1) is 17.5. The van der Waals surface area contributed by atoms with Gasteiger partial charge < -0.3 is 20.3 Å². The number of pyridine rings is 1. The van der Waals surface area contributed by atoms with Crippen molar-refractivity contribution in [3.63, 3.8) is 0 Å². The minimum atomic E-state index is -0.336. The van der Waals surface area contributed by atoms with Crippen molar-refractivity contribution in [2.75, 3.05) is 36.5 Å². The summed E-state index contributed by atoms with van der Waals surface area (Å²) in [5.74, 6) is -0.501. The fraction of sp³-hybridized carbons (Fsp3) is 0.350. The number of aromatic nitrogens is 1. The van der Waals surface area contributed by atoms with Crippen LogP contribution in [0.5, 0.6) is 0 Å². The van der Waals surface area contributed by atoms with Crippen LogP contribution in [-0.4, -0.2) is 49.1 Å². The van der Waals surface area contributed by atoms with Gasteiger partial charge >= 0.3 is 0 Å². The molecule has 7 heteroatoms. The summed E-state index contributed by atoms with van der Waals surface area (Å²) in [6.45, 7) is 2.90. The van der Waals surface area contributed by atoms with Crippen LogP contribution in [0.25, 0.3) is 0 Å². The topological polar surface area (TPSA) is 83.6 Å². The molecule has 0 atom stereocenters. The van der Waals surface area contributed by atoms with Crippen molar-refractivity contribution in [2.45, 2.75) is 18.9 Å². The van der Waals surface area contributed by atoms with E-state index < -0.39 is 0 Å². The Kier molecular flexibility index (Phi) is 5.02. The van der Waals surface area contributed by atoms with Crippen molar-refractivity contribution in [1.82, 2.24) is 10.3 Å². The molecular formula is C20H22N4O3. The number of carbonyl (C=O) groups excluding carboxylic acids is 2. The predicted octanol–water partition coefficient (Wildman–Crippen LogP) is 2.06. The Morgan fingerprint density at radius 1 is 1.07 bits per heavy atom. The zero-order valence-corrected chi connectivity index (χ0v) is 15.0. The van der Waals surface area contributed by atoms with Crippen LogP contribution in [0.3, 0.4) is 0 Å². The lowest BCUT2D eigenvalue weighted by Crippen LogP contribution is -2.36. The summed E-state index contributed by atoms with van der Waals surface area (Å²) >= 11 is 0. The lowest BCUT2D eigenvalue weighted by Gasteiger charge is -2.30. The average Bonchev–Trinajstić information content (AvgIpc) is 3.53. The van der Waals surface area contributed by atoms with Gasteiger partial charge in [-0.3, -0.25) is 14.6 Å².